The van der Waals surface area contributed by atoms with Gasteiger partial charge in [0.25, 0.3) is 6.43 Å². The maximum atomic E-state index is 13.4. The second-order valence-electron chi connectivity index (χ2n) is 9.70. The first-order valence-corrected chi connectivity index (χ1v) is 13.6. The van der Waals surface area contributed by atoms with Gasteiger partial charge in [0.1, 0.15) is 4.90 Å². The molecule has 0 unspecified atom stereocenters. The molecule has 0 aromatic carbocycles. The van der Waals surface area contributed by atoms with Gasteiger partial charge in [-0.2, -0.15) is 0 Å². The number of nitrogens with zero attached hydrogens (tertiary/aromatic N) is 4. The van der Waals surface area contributed by atoms with E-state index in [4.69, 9.17) is 0 Å². The van der Waals surface area contributed by atoms with Crippen LogP contribution >= 0.6 is 11.3 Å². The number of anilines is 1. The largest absolute Gasteiger partial charge is 0.364 e. The van der Waals surface area contributed by atoms with Gasteiger partial charge in [-0.15, -0.1) is 10.2 Å². The number of piperazine rings is 1. The van der Waals surface area contributed by atoms with E-state index in [1.165, 1.54) is 0 Å². The Morgan fingerprint density at radius 3 is 2.62 bits per heavy atom. The molecule has 4 heterocycles. The number of rotatable bonds is 6. The van der Waals surface area contributed by atoms with E-state index >= 15 is 0 Å². The van der Waals surface area contributed by atoms with E-state index in [9.17, 15) is 17.2 Å². The number of fused-ring (bicyclic) bond motifs is 1. The molecule has 1 aliphatic carbocycles. The molecule has 12 heteroatoms. The minimum atomic E-state index is -3.80. The van der Waals surface area contributed by atoms with Crippen LogP contribution in [-0.2, 0) is 10.0 Å². The third-order valence-electron chi connectivity index (χ3n) is 6.80. The summed E-state index contributed by atoms with van der Waals surface area (Å²) in [4.78, 5) is 2.35. The number of alkyl halides is 2. The number of nitrogens with one attached hydrogen (secondary N) is 2. The van der Waals surface area contributed by atoms with Gasteiger partial charge in [-0.05, 0) is 58.7 Å². The molecule has 3 aromatic rings. The summed E-state index contributed by atoms with van der Waals surface area (Å²) in [6, 6.07) is 5.89. The van der Waals surface area contributed by atoms with Gasteiger partial charge in [0.15, 0.2) is 10.0 Å². The van der Waals surface area contributed by atoms with Gasteiger partial charge >= 0.3 is 0 Å². The van der Waals surface area contributed by atoms with Crippen molar-refractivity contribution >= 4 is 32.6 Å². The molecular weight excluding hydrogens is 482 g/mol. The van der Waals surface area contributed by atoms with E-state index in [-0.39, 0.29) is 28.0 Å². The van der Waals surface area contributed by atoms with Crippen molar-refractivity contribution in [1.82, 2.24) is 24.6 Å². The number of sulfonamides is 1. The molecule has 2 fully saturated rings. The van der Waals surface area contributed by atoms with Crippen LogP contribution in [0.15, 0.2) is 29.3 Å². The lowest BCUT2D eigenvalue weighted by atomic mass is 10.0. The summed E-state index contributed by atoms with van der Waals surface area (Å²) >= 11 is 0.808. The fraction of sp³-hybridized carbons (Fsp3) is 0.545. The average Bonchev–Trinajstić information content (AvgIpc) is 3.17. The highest BCUT2D eigenvalue weighted by Gasteiger charge is 2.41. The molecule has 8 nitrogen and oxygen atoms in total. The van der Waals surface area contributed by atoms with Crippen LogP contribution in [0, 0.1) is 0 Å². The van der Waals surface area contributed by atoms with Crippen molar-refractivity contribution in [3.8, 4) is 10.7 Å². The Labute approximate surface area is 201 Å². The average molecular weight is 511 g/mol. The van der Waals surface area contributed by atoms with Crippen molar-refractivity contribution in [1.29, 1.82) is 0 Å². The van der Waals surface area contributed by atoms with E-state index in [0.29, 0.717) is 17.2 Å². The molecule has 1 saturated heterocycles. The molecule has 0 bridgehead atoms. The molecule has 2 N–H and O–H groups in total. The molecule has 1 saturated carbocycles. The van der Waals surface area contributed by atoms with Crippen LogP contribution < -0.4 is 14.9 Å². The SMILES string of the molecule is C[C@@H]1N[C@@H](C)CN(c2cc(S(=O)(=O)NC3(C)CC3)cn3c(-c4nnc(C(F)F)s4)ccc23)[C@H]1C. The molecule has 1 aliphatic heterocycles. The fourth-order valence-corrected chi connectivity index (χ4v) is 6.71. The van der Waals surface area contributed by atoms with Crippen molar-refractivity contribution in [3.63, 3.8) is 0 Å². The van der Waals surface area contributed by atoms with Crippen LogP contribution in [0.5, 0.6) is 0 Å². The number of pyridine rings is 1. The number of aromatic nitrogens is 3. The fourth-order valence-electron chi connectivity index (χ4n) is 4.51. The lowest BCUT2D eigenvalue weighted by Gasteiger charge is -2.43. The third-order valence-corrected chi connectivity index (χ3v) is 9.35. The highest BCUT2D eigenvalue weighted by atomic mass is 32.2. The number of hydrogen-bond acceptors (Lipinski definition) is 7. The number of hydrogen-bond donors (Lipinski definition) is 2. The van der Waals surface area contributed by atoms with E-state index in [1.807, 2.05) is 13.0 Å². The molecule has 2 aliphatic rings. The molecule has 3 aromatic heterocycles. The van der Waals surface area contributed by atoms with E-state index in [2.05, 4.69) is 45.9 Å². The summed E-state index contributed by atoms with van der Waals surface area (Å²) in [5.41, 5.74) is 1.67. The highest BCUT2D eigenvalue weighted by Crippen LogP contribution is 2.38. The Morgan fingerprint density at radius 1 is 1.24 bits per heavy atom. The third kappa shape index (κ3) is 4.21. The summed E-state index contributed by atoms with van der Waals surface area (Å²) in [5.74, 6) is 0. The summed E-state index contributed by atoms with van der Waals surface area (Å²) in [5, 5.41) is 11.0. The molecular formula is C22H28F2N6O2S2. The first-order chi connectivity index (χ1) is 16.0. The predicted molar refractivity (Wildman–Crippen MR) is 128 cm³/mol. The maximum Gasteiger partial charge on any atom is 0.291 e. The molecule has 34 heavy (non-hydrogen) atoms. The molecule has 0 spiro atoms. The molecule has 184 valence electrons. The minimum Gasteiger partial charge on any atom is -0.364 e. The topological polar surface area (TPSA) is 91.6 Å². The second kappa shape index (κ2) is 8.21. The minimum absolute atomic E-state index is 0.108. The van der Waals surface area contributed by atoms with Gasteiger partial charge in [0, 0.05) is 36.4 Å². The number of halogens is 2. The summed E-state index contributed by atoms with van der Waals surface area (Å²) in [6.45, 7) is 8.90. The maximum absolute atomic E-state index is 13.4. The van der Waals surface area contributed by atoms with Gasteiger partial charge < -0.3 is 14.6 Å². The van der Waals surface area contributed by atoms with Crippen LogP contribution in [-0.4, -0.2) is 53.2 Å². The van der Waals surface area contributed by atoms with Gasteiger partial charge in [-0.3, -0.25) is 0 Å². The standard InChI is InChI=1S/C22H28F2N6O2S2/c1-12-10-29(14(3)13(2)25-12)18-9-15(34(31,32)28-22(4)7-8-22)11-30-16(18)5-6-17(30)20-26-27-21(33-20)19(23)24/h5-6,9,11-14,19,25,28H,7-8,10H2,1-4H3/t12-,13-,14-/m0/s1. The zero-order valence-electron chi connectivity index (χ0n) is 19.4. The van der Waals surface area contributed by atoms with Crippen LogP contribution in [0.4, 0.5) is 14.5 Å². The lowest BCUT2D eigenvalue weighted by Crippen LogP contribution is -2.59. The van der Waals surface area contributed by atoms with Crippen molar-refractivity contribution in [2.45, 2.75) is 75.5 Å². The second-order valence-corrected chi connectivity index (χ2v) is 12.4. The van der Waals surface area contributed by atoms with E-state index in [1.54, 1.807) is 22.7 Å². The van der Waals surface area contributed by atoms with Crippen LogP contribution in [0.2, 0.25) is 0 Å². The molecule has 3 atom stereocenters. The molecule has 0 amide bonds. The van der Waals surface area contributed by atoms with Crippen molar-refractivity contribution < 1.29 is 17.2 Å². The first kappa shape index (κ1) is 23.6. The summed E-state index contributed by atoms with van der Waals surface area (Å²) in [6.07, 6.45) is 0.422. The van der Waals surface area contributed by atoms with Gasteiger partial charge in [-0.1, -0.05) is 11.3 Å². The van der Waals surface area contributed by atoms with Crippen molar-refractivity contribution in [2.75, 3.05) is 11.4 Å². The van der Waals surface area contributed by atoms with Crippen LogP contribution in [0.25, 0.3) is 16.2 Å². The quantitative estimate of drug-likeness (QED) is 0.524. The van der Waals surface area contributed by atoms with Crippen LogP contribution in [0.3, 0.4) is 0 Å². The highest BCUT2D eigenvalue weighted by molar-refractivity contribution is 7.89. The van der Waals surface area contributed by atoms with Gasteiger partial charge in [-0.25, -0.2) is 21.9 Å². The van der Waals surface area contributed by atoms with Crippen molar-refractivity contribution in [3.05, 3.63) is 29.4 Å². The predicted octanol–water partition coefficient (Wildman–Crippen LogP) is 3.80. The smallest absolute Gasteiger partial charge is 0.291 e. The van der Waals surface area contributed by atoms with Gasteiger partial charge in [0.2, 0.25) is 10.0 Å². The van der Waals surface area contributed by atoms with Gasteiger partial charge in [0.05, 0.1) is 16.9 Å². The summed E-state index contributed by atoms with van der Waals surface area (Å²) < 4.78 is 57.6. The molecule has 0 radical (unpaired) electrons. The Morgan fingerprint density at radius 2 is 1.97 bits per heavy atom. The Kier molecular flexibility index (Phi) is 5.70. The van der Waals surface area contributed by atoms with Crippen LogP contribution in [0.1, 0.15) is 52.0 Å². The summed E-state index contributed by atoms with van der Waals surface area (Å²) in [7, 11) is -3.80. The van der Waals surface area contributed by atoms with E-state index in [0.717, 1.165) is 35.4 Å². The zero-order chi connectivity index (χ0) is 24.4. The zero-order valence-corrected chi connectivity index (χ0v) is 21.1. The normalized spacial score (nSPS) is 24.8. The monoisotopic (exact) mass is 510 g/mol. The first-order valence-electron chi connectivity index (χ1n) is 11.3. The Bertz CT molecular complexity index is 1330. The lowest BCUT2D eigenvalue weighted by molar-refractivity contribution is 0.150. The van der Waals surface area contributed by atoms with E-state index < -0.39 is 22.0 Å². The van der Waals surface area contributed by atoms with Crippen molar-refractivity contribution in [2.24, 2.45) is 0 Å². The Balaban J connectivity index is 1.69. The Hall–Kier alpha value is -2.15. The molecule has 5 rings (SSSR count).